The molecule has 0 aliphatic rings. The minimum Gasteiger partial charge on any atom is -0.311 e. The highest BCUT2D eigenvalue weighted by Crippen LogP contribution is 2.20. The summed E-state index contributed by atoms with van der Waals surface area (Å²) in [6, 6.07) is 1.83. The summed E-state index contributed by atoms with van der Waals surface area (Å²) in [6.45, 7) is 0.916. The Morgan fingerprint density at radius 1 is 1.47 bits per heavy atom. The Bertz CT molecular complexity index is 293. The number of nitrogens with zero attached hydrogens (tertiary/aromatic N) is 2. The first-order chi connectivity index (χ1) is 6.99. The van der Waals surface area contributed by atoms with Crippen molar-refractivity contribution in [1.82, 2.24) is 15.1 Å². The van der Waals surface area contributed by atoms with Gasteiger partial charge in [-0.3, -0.25) is 4.68 Å². The van der Waals surface area contributed by atoms with Gasteiger partial charge in [-0.05, 0) is 19.0 Å². The summed E-state index contributed by atoms with van der Waals surface area (Å²) in [5.74, 6) is 0. The first-order valence-electron chi connectivity index (χ1n) is 4.73. The van der Waals surface area contributed by atoms with Gasteiger partial charge in [0.05, 0.1) is 5.69 Å². The van der Waals surface area contributed by atoms with Crippen LogP contribution in [0.3, 0.4) is 0 Å². The zero-order valence-electron chi connectivity index (χ0n) is 8.51. The van der Waals surface area contributed by atoms with Crippen LogP contribution in [-0.4, -0.2) is 22.5 Å². The fraction of sp³-hybridized carbons (Fsp3) is 0.667. The van der Waals surface area contributed by atoms with E-state index >= 15 is 0 Å². The van der Waals surface area contributed by atoms with Gasteiger partial charge >= 0.3 is 6.18 Å². The predicted octanol–water partition coefficient (Wildman–Crippen LogP) is 1.85. The third-order valence-electron chi connectivity index (χ3n) is 2.04. The van der Waals surface area contributed by atoms with Crippen LogP contribution in [0.5, 0.6) is 0 Å². The molecule has 86 valence electrons. The summed E-state index contributed by atoms with van der Waals surface area (Å²) < 4.78 is 37.0. The van der Waals surface area contributed by atoms with Gasteiger partial charge in [0.25, 0.3) is 0 Å². The van der Waals surface area contributed by atoms with E-state index in [0.717, 1.165) is 5.69 Å². The van der Waals surface area contributed by atoms with Crippen molar-refractivity contribution in [3.8, 4) is 0 Å². The fourth-order valence-corrected chi connectivity index (χ4v) is 1.21. The molecule has 1 rings (SSSR count). The summed E-state index contributed by atoms with van der Waals surface area (Å²) in [4.78, 5) is 0. The second-order valence-corrected chi connectivity index (χ2v) is 3.34. The molecule has 0 aliphatic carbocycles. The molecule has 0 saturated carbocycles. The van der Waals surface area contributed by atoms with E-state index in [9.17, 15) is 13.2 Å². The van der Waals surface area contributed by atoms with Crippen LogP contribution in [0.15, 0.2) is 12.3 Å². The van der Waals surface area contributed by atoms with Crippen molar-refractivity contribution in [2.75, 3.05) is 6.54 Å². The Morgan fingerprint density at radius 2 is 2.20 bits per heavy atom. The summed E-state index contributed by atoms with van der Waals surface area (Å²) in [5.41, 5.74) is 0.960. The van der Waals surface area contributed by atoms with Crippen molar-refractivity contribution >= 4 is 0 Å². The van der Waals surface area contributed by atoms with Gasteiger partial charge in [0.2, 0.25) is 0 Å². The summed E-state index contributed by atoms with van der Waals surface area (Å²) >= 11 is 0. The number of alkyl halides is 3. The highest BCUT2D eigenvalue weighted by molar-refractivity contribution is 4.98. The van der Waals surface area contributed by atoms with E-state index in [-0.39, 0.29) is 6.42 Å². The number of aryl methyl sites for hydroxylation is 1. The van der Waals surface area contributed by atoms with E-state index in [4.69, 9.17) is 0 Å². The molecule has 6 heteroatoms. The van der Waals surface area contributed by atoms with E-state index in [1.165, 1.54) is 0 Å². The maximum Gasteiger partial charge on any atom is 0.389 e. The van der Waals surface area contributed by atoms with Crippen molar-refractivity contribution in [1.29, 1.82) is 0 Å². The number of hydrogen-bond donors (Lipinski definition) is 1. The van der Waals surface area contributed by atoms with Crippen LogP contribution >= 0.6 is 0 Å². The van der Waals surface area contributed by atoms with Crippen LogP contribution in [0.25, 0.3) is 0 Å². The zero-order chi connectivity index (χ0) is 11.3. The monoisotopic (exact) mass is 221 g/mol. The Labute approximate surface area is 86.3 Å². The third-order valence-corrected chi connectivity index (χ3v) is 2.04. The predicted molar refractivity (Wildman–Crippen MR) is 50.2 cm³/mol. The second kappa shape index (κ2) is 5.16. The lowest BCUT2D eigenvalue weighted by molar-refractivity contribution is -0.135. The van der Waals surface area contributed by atoms with E-state index in [1.54, 1.807) is 17.9 Å². The number of nitrogens with one attached hydrogen (secondary N) is 1. The molecule has 15 heavy (non-hydrogen) atoms. The fourth-order valence-electron chi connectivity index (χ4n) is 1.21. The highest BCUT2D eigenvalue weighted by atomic mass is 19.4. The van der Waals surface area contributed by atoms with Crippen LogP contribution in [0, 0.1) is 0 Å². The van der Waals surface area contributed by atoms with Crippen LogP contribution in [0.2, 0.25) is 0 Å². The van der Waals surface area contributed by atoms with Gasteiger partial charge in [-0.2, -0.15) is 18.3 Å². The maximum atomic E-state index is 11.8. The quantitative estimate of drug-likeness (QED) is 0.769. The SMILES string of the molecule is Cn1nccc1CNCCCC(F)(F)F. The van der Waals surface area contributed by atoms with E-state index in [0.29, 0.717) is 13.1 Å². The lowest BCUT2D eigenvalue weighted by Crippen LogP contribution is -2.19. The van der Waals surface area contributed by atoms with E-state index in [2.05, 4.69) is 10.4 Å². The van der Waals surface area contributed by atoms with E-state index < -0.39 is 12.6 Å². The van der Waals surface area contributed by atoms with Gasteiger partial charge in [-0.15, -0.1) is 0 Å². The number of aromatic nitrogens is 2. The van der Waals surface area contributed by atoms with Crippen molar-refractivity contribution in [3.05, 3.63) is 18.0 Å². The first kappa shape index (κ1) is 12.0. The summed E-state index contributed by atoms with van der Waals surface area (Å²) in [6.07, 6.45) is -3.01. The van der Waals surface area contributed by atoms with Crippen LogP contribution in [0.1, 0.15) is 18.5 Å². The molecule has 0 bridgehead atoms. The molecule has 1 aromatic rings. The molecule has 0 fully saturated rings. The van der Waals surface area contributed by atoms with Gasteiger partial charge in [0, 0.05) is 26.2 Å². The highest BCUT2D eigenvalue weighted by Gasteiger charge is 2.25. The van der Waals surface area contributed by atoms with Crippen molar-refractivity contribution in [3.63, 3.8) is 0 Å². The molecule has 0 amide bonds. The largest absolute Gasteiger partial charge is 0.389 e. The molecule has 0 spiro atoms. The van der Waals surface area contributed by atoms with Gasteiger partial charge in [0.15, 0.2) is 0 Å². The Morgan fingerprint density at radius 3 is 2.73 bits per heavy atom. The Balaban J connectivity index is 2.10. The molecule has 0 radical (unpaired) electrons. The second-order valence-electron chi connectivity index (χ2n) is 3.34. The molecule has 1 aromatic heterocycles. The molecule has 0 aromatic carbocycles. The lowest BCUT2D eigenvalue weighted by atomic mass is 10.3. The molecule has 0 saturated heterocycles. The standard InChI is InChI=1S/C9H14F3N3/c1-15-8(3-6-14-15)7-13-5-2-4-9(10,11)12/h3,6,13H,2,4-5,7H2,1H3. The van der Waals surface area contributed by atoms with Crippen LogP contribution in [-0.2, 0) is 13.6 Å². The first-order valence-corrected chi connectivity index (χ1v) is 4.73. The molecule has 0 unspecified atom stereocenters. The van der Waals surface area contributed by atoms with Gasteiger partial charge in [0.1, 0.15) is 0 Å². The summed E-state index contributed by atoms with van der Waals surface area (Å²) in [7, 11) is 1.80. The summed E-state index contributed by atoms with van der Waals surface area (Å²) in [5, 5.41) is 6.89. The normalized spacial score (nSPS) is 12.0. The van der Waals surface area contributed by atoms with Gasteiger partial charge in [-0.1, -0.05) is 0 Å². The Hall–Kier alpha value is -1.04. The third kappa shape index (κ3) is 4.83. The van der Waals surface area contributed by atoms with Crippen LogP contribution in [0.4, 0.5) is 13.2 Å². The topological polar surface area (TPSA) is 29.9 Å². The number of halogens is 3. The molecular weight excluding hydrogens is 207 g/mol. The molecule has 3 nitrogen and oxygen atoms in total. The number of hydrogen-bond acceptors (Lipinski definition) is 2. The average Bonchev–Trinajstić information content (AvgIpc) is 2.49. The Kier molecular flexibility index (Phi) is 4.14. The zero-order valence-corrected chi connectivity index (χ0v) is 8.51. The smallest absolute Gasteiger partial charge is 0.311 e. The maximum absolute atomic E-state index is 11.8. The molecule has 0 atom stereocenters. The number of rotatable bonds is 5. The van der Waals surface area contributed by atoms with Crippen molar-refractivity contribution in [2.45, 2.75) is 25.6 Å². The molecule has 1 N–H and O–H groups in total. The van der Waals surface area contributed by atoms with Crippen molar-refractivity contribution in [2.24, 2.45) is 7.05 Å². The van der Waals surface area contributed by atoms with E-state index in [1.807, 2.05) is 6.07 Å². The minimum atomic E-state index is -4.05. The molecule has 0 aliphatic heterocycles. The van der Waals surface area contributed by atoms with Crippen molar-refractivity contribution < 1.29 is 13.2 Å². The minimum absolute atomic E-state index is 0.112. The molecule has 1 heterocycles. The average molecular weight is 221 g/mol. The molecular formula is C9H14F3N3. The lowest BCUT2D eigenvalue weighted by Gasteiger charge is -2.07. The van der Waals surface area contributed by atoms with Crippen LogP contribution < -0.4 is 5.32 Å². The van der Waals surface area contributed by atoms with Gasteiger partial charge < -0.3 is 5.32 Å². The van der Waals surface area contributed by atoms with Gasteiger partial charge in [-0.25, -0.2) is 0 Å².